The Hall–Kier alpha value is -5.18. The summed E-state index contributed by atoms with van der Waals surface area (Å²) in [7, 11) is 0. The summed E-state index contributed by atoms with van der Waals surface area (Å²) in [5, 5.41) is 23.9. The van der Waals surface area contributed by atoms with Crippen molar-refractivity contribution < 1.29 is 0 Å². The van der Waals surface area contributed by atoms with Crippen LogP contribution in [0.1, 0.15) is 36.1 Å². The predicted molar refractivity (Wildman–Crippen MR) is 157 cm³/mol. The van der Waals surface area contributed by atoms with Gasteiger partial charge in [0.2, 0.25) is 0 Å². The number of nitriles is 2. The molecule has 0 amide bonds. The molecule has 0 aromatic heterocycles. The highest BCUT2D eigenvalue weighted by Crippen LogP contribution is 2.58. The van der Waals surface area contributed by atoms with Gasteiger partial charge in [-0.1, -0.05) is 62.4 Å². The molecule has 0 fully saturated rings. The molecule has 39 heavy (non-hydrogen) atoms. The van der Waals surface area contributed by atoms with Crippen LogP contribution in [-0.2, 0) is 5.41 Å². The summed E-state index contributed by atoms with van der Waals surface area (Å²) in [5.74, 6) is 0. The van der Waals surface area contributed by atoms with Crippen molar-refractivity contribution in [2.45, 2.75) is 19.3 Å². The lowest BCUT2D eigenvalue weighted by Gasteiger charge is -2.23. The fourth-order valence-corrected chi connectivity index (χ4v) is 7.62. The third-order valence-electron chi connectivity index (χ3n) is 9.44. The lowest BCUT2D eigenvalue weighted by Crippen LogP contribution is -2.15. The molecule has 6 aromatic rings. The lowest BCUT2D eigenvalue weighted by molar-refractivity contribution is 0.661. The summed E-state index contributed by atoms with van der Waals surface area (Å²) >= 11 is 0. The summed E-state index contributed by atoms with van der Waals surface area (Å²) in [6.45, 7) is 4.67. The molecule has 0 N–H and O–H groups in total. The standard InChI is InChI=1S/C37H20N2/c1-37(2)33-15-29-25-11-9-19(17-38)21-5-3-7-23(35(21)25)27(29)13-31(33)32-14-28-24-8-4-6-22-20(18-39)10-12-26(36(22)24)30(28)16-34(32)37/h3-16H,1-2H3. The summed E-state index contributed by atoms with van der Waals surface area (Å²) in [6.07, 6.45) is 0. The highest BCUT2D eigenvalue weighted by Gasteiger charge is 2.39. The fourth-order valence-electron chi connectivity index (χ4n) is 7.62. The number of rotatable bonds is 0. The second kappa shape index (κ2) is 6.63. The quantitative estimate of drug-likeness (QED) is 0.212. The van der Waals surface area contributed by atoms with Crippen LogP contribution in [0.5, 0.6) is 0 Å². The first kappa shape index (κ1) is 20.8. The van der Waals surface area contributed by atoms with Gasteiger partial charge in [0, 0.05) is 16.2 Å². The van der Waals surface area contributed by atoms with E-state index in [0.717, 1.165) is 21.9 Å². The predicted octanol–water partition coefficient (Wildman–Crippen LogP) is 9.34. The minimum atomic E-state index is -0.157. The van der Waals surface area contributed by atoms with Crippen molar-refractivity contribution >= 4 is 21.5 Å². The van der Waals surface area contributed by atoms with Crippen LogP contribution < -0.4 is 0 Å². The lowest BCUT2D eigenvalue weighted by atomic mass is 9.80. The zero-order valence-electron chi connectivity index (χ0n) is 21.5. The summed E-state index contributed by atoms with van der Waals surface area (Å²) < 4.78 is 0. The van der Waals surface area contributed by atoms with Gasteiger partial charge in [0.25, 0.3) is 0 Å². The van der Waals surface area contributed by atoms with E-state index in [1.807, 2.05) is 12.1 Å². The Morgan fingerprint density at radius 2 is 0.872 bits per heavy atom. The van der Waals surface area contributed by atoms with Crippen molar-refractivity contribution in [3.8, 4) is 67.8 Å². The second-order valence-electron chi connectivity index (χ2n) is 11.5. The van der Waals surface area contributed by atoms with Gasteiger partial charge in [-0.2, -0.15) is 10.5 Å². The second-order valence-corrected chi connectivity index (χ2v) is 11.5. The number of hydrogen-bond acceptors (Lipinski definition) is 2. The summed E-state index contributed by atoms with van der Waals surface area (Å²) in [4.78, 5) is 0. The van der Waals surface area contributed by atoms with Crippen LogP contribution >= 0.6 is 0 Å². The molecule has 0 radical (unpaired) electrons. The van der Waals surface area contributed by atoms with Crippen molar-refractivity contribution in [1.82, 2.24) is 0 Å². The van der Waals surface area contributed by atoms with Crippen LogP contribution in [0.2, 0.25) is 0 Å². The van der Waals surface area contributed by atoms with Gasteiger partial charge in [0.1, 0.15) is 0 Å². The molecule has 2 nitrogen and oxygen atoms in total. The van der Waals surface area contributed by atoms with E-state index in [4.69, 9.17) is 0 Å². The molecule has 3 aliphatic rings. The molecule has 3 aliphatic carbocycles. The van der Waals surface area contributed by atoms with Crippen molar-refractivity contribution in [3.63, 3.8) is 0 Å². The molecule has 0 spiro atoms. The van der Waals surface area contributed by atoms with E-state index in [-0.39, 0.29) is 5.41 Å². The minimum Gasteiger partial charge on any atom is -0.192 e. The Bertz CT molecular complexity index is 2110. The van der Waals surface area contributed by atoms with Gasteiger partial charge >= 0.3 is 0 Å². The van der Waals surface area contributed by atoms with Crippen molar-refractivity contribution in [2.24, 2.45) is 0 Å². The van der Waals surface area contributed by atoms with Gasteiger partial charge in [-0.3, -0.25) is 0 Å². The van der Waals surface area contributed by atoms with Gasteiger partial charge in [0.05, 0.1) is 23.3 Å². The first-order valence-corrected chi connectivity index (χ1v) is 13.3. The van der Waals surface area contributed by atoms with Crippen molar-refractivity contribution in [3.05, 3.63) is 107 Å². The Morgan fingerprint density at radius 3 is 1.31 bits per heavy atom. The Morgan fingerprint density at radius 1 is 0.462 bits per heavy atom. The topological polar surface area (TPSA) is 47.6 Å². The number of fused-ring (bicyclic) bond motifs is 9. The maximum Gasteiger partial charge on any atom is 0.0998 e. The fraction of sp³-hybridized carbons (Fsp3) is 0.0811. The molecule has 0 unspecified atom stereocenters. The van der Waals surface area contributed by atoms with E-state index in [2.05, 4.69) is 98.8 Å². The Balaban J connectivity index is 1.33. The molecule has 0 aliphatic heterocycles. The van der Waals surface area contributed by atoms with E-state index >= 15 is 0 Å². The molecule has 2 heteroatoms. The van der Waals surface area contributed by atoms with Gasteiger partial charge in [-0.25, -0.2) is 0 Å². The number of hydrogen-bond donors (Lipinski definition) is 0. The first-order chi connectivity index (χ1) is 19.0. The molecule has 0 heterocycles. The monoisotopic (exact) mass is 492 g/mol. The smallest absolute Gasteiger partial charge is 0.0998 e. The molecule has 0 atom stereocenters. The van der Waals surface area contributed by atoms with E-state index < -0.39 is 0 Å². The third-order valence-corrected chi connectivity index (χ3v) is 9.44. The third kappa shape index (κ3) is 2.28. The van der Waals surface area contributed by atoms with Crippen LogP contribution in [0.4, 0.5) is 0 Å². The minimum absolute atomic E-state index is 0.157. The molecular formula is C37H20N2. The largest absolute Gasteiger partial charge is 0.192 e. The Kier molecular flexibility index (Phi) is 3.54. The van der Waals surface area contributed by atoms with Crippen LogP contribution in [0.3, 0.4) is 0 Å². The Labute approximate surface area is 226 Å². The molecule has 0 bridgehead atoms. The highest BCUT2D eigenvalue weighted by atomic mass is 14.4. The average molecular weight is 493 g/mol. The molecular weight excluding hydrogens is 472 g/mol. The van der Waals surface area contributed by atoms with Gasteiger partial charge in [0.15, 0.2) is 0 Å². The zero-order chi connectivity index (χ0) is 26.2. The molecule has 6 aromatic carbocycles. The normalized spacial score (nSPS) is 14.1. The van der Waals surface area contributed by atoms with E-state index in [1.165, 1.54) is 77.5 Å². The number of benzene rings is 6. The molecule has 0 saturated carbocycles. The number of nitrogens with zero attached hydrogens (tertiary/aromatic N) is 2. The van der Waals surface area contributed by atoms with E-state index in [1.54, 1.807) is 0 Å². The van der Waals surface area contributed by atoms with Gasteiger partial charge in [-0.15, -0.1) is 0 Å². The molecule has 0 saturated heterocycles. The first-order valence-electron chi connectivity index (χ1n) is 13.3. The highest BCUT2D eigenvalue weighted by molar-refractivity contribution is 6.19. The SMILES string of the molecule is CC1(C)c2cc3c(cc2-c2cc4c(cc21)-c1ccc(C#N)c2cccc-4c12)-c1cccc2c(C#N)ccc-3c12. The van der Waals surface area contributed by atoms with Crippen molar-refractivity contribution in [2.75, 3.05) is 0 Å². The van der Waals surface area contributed by atoms with E-state index in [9.17, 15) is 10.5 Å². The van der Waals surface area contributed by atoms with Crippen molar-refractivity contribution in [1.29, 1.82) is 10.5 Å². The van der Waals surface area contributed by atoms with Crippen LogP contribution in [0.15, 0.2) is 84.9 Å². The van der Waals surface area contributed by atoms with Crippen LogP contribution in [0.25, 0.3) is 77.2 Å². The molecule has 178 valence electrons. The van der Waals surface area contributed by atoms with Gasteiger partial charge < -0.3 is 0 Å². The maximum absolute atomic E-state index is 9.73. The summed E-state index contributed by atoms with van der Waals surface area (Å²) in [5.41, 5.74) is 16.5. The molecule has 9 rings (SSSR count). The van der Waals surface area contributed by atoms with Crippen LogP contribution in [-0.4, -0.2) is 0 Å². The maximum atomic E-state index is 9.73. The summed E-state index contributed by atoms with van der Waals surface area (Å²) in [6, 6.07) is 35.2. The van der Waals surface area contributed by atoms with Gasteiger partial charge in [-0.05, 0) is 114 Å². The average Bonchev–Trinajstić information content (AvgIpc) is 3.53. The van der Waals surface area contributed by atoms with E-state index in [0.29, 0.717) is 0 Å². The zero-order valence-corrected chi connectivity index (χ0v) is 21.5. The van der Waals surface area contributed by atoms with Crippen LogP contribution in [0, 0.1) is 22.7 Å².